The van der Waals surface area contributed by atoms with Gasteiger partial charge in [-0.15, -0.1) is 0 Å². The topological polar surface area (TPSA) is 105 Å². The zero-order valence-corrected chi connectivity index (χ0v) is 22.3. The lowest BCUT2D eigenvalue weighted by Crippen LogP contribution is -2.58. The van der Waals surface area contributed by atoms with Crippen LogP contribution in [0.5, 0.6) is 5.75 Å². The molecule has 1 atom stereocenters. The van der Waals surface area contributed by atoms with Crippen molar-refractivity contribution in [2.45, 2.75) is 37.4 Å². The average Bonchev–Trinajstić information content (AvgIpc) is 3.19. The molecule has 3 aliphatic rings. The molecule has 0 saturated carbocycles. The van der Waals surface area contributed by atoms with Crippen LogP contribution in [0.3, 0.4) is 0 Å². The molecular formula is C25H29B4N3O6. The summed E-state index contributed by atoms with van der Waals surface area (Å²) >= 11 is 0. The first-order valence-corrected chi connectivity index (χ1v) is 13.0. The molecule has 2 aromatic carbocycles. The Morgan fingerprint density at radius 3 is 2.53 bits per heavy atom. The number of imide groups is 1. The third kappa shape index (κ3) is 4.64. The van der Waals surface area contributed by atoms with Crippen molar-refractivity contribution in [2.75, 3.05) is 19.8 Å². The predicted molar refractivity (Wildman–Crippen MR) is 151 cm³/mol. The maximum Gasteiger partial charge on any atom is 0.255 e. The molecule has 3 heterocycles. The average molecular weight is 511 g/mol. The molecule has 2 fully saturated rings. The molecule has 5 rings (SSSR count). The summed E-state index contributed by atoms with van der Waals surface area (Å²) in [6, 6.07) is 8.86. The van der Waals surface area contributed by atoms with E-state index >= 15 is 0 Å². The minimum Gasteiger partial charge on any atom is -0.489 e. The molecule has 4 amide bonds. The van der Waals surface area contributed by atoms with Crippen molar-refractivity contribution in [3.63, 3.8) is 0 Å². The summed E-state index contributed by atoms with van der Waals surface area (Å²) in [4.78, 5) is 53.0. The number of amides is 4. The fourth-order valence-electron chi connectivity index (χ4n) is 6.20. The Bertz CT molecular complexity index is 1330. The highest BCUT2D eigenvalue weighted by Crippen LogP contribution is 2.34. The Hall–Kier alpha value is -3.46. The zero-order valence-electron chi connectivity index (χ0n) is 22.3. The van der Waals surface area contributed by atoms with E-state index in [0.29, 0.717) is 37.5 Å². The lowest BCUT2D eigenvalue weighted by molar-refractivity contribution is -0.145. The summed E-state index contributed by atoms with van der Waals surface area (Å²) in [5.74, 6) is -0.375. The number of nitrogens with zero attached hydrogens (tertiary/aromatic N) is 2. The van der Waals surface area contributed by atoms with Crippen LogP contribution in [0.2, 0.25) is 0 Å². The number of morpholine rings is 1. The minimum atomic E-state index is -0.667. The number of ether oxygens (including phenoxy) is 2. The lowest BCUT2D eigenvalue weighted by Gasteiger charge is -2.43. The smallest absolute Gasteiger partial charge is 0.255 e. The Kier molecular flexibility index (Phi) is 6.90. The van der Waals surface area contributed by atoms with Gasteiger partial charge in [0.2, 0.25) is 17.7 Å². The number of nitrogens with one attached hydrogen (secondary N) is 1. The highest BCUT2D eigenvalue weighted by Gasteiger charge is 2.40. The Morgan fingerprint density at radius 1 is 1.11 bits per heavy atom. The zero-order chi connectivity index (χ0) is 27.2. The molecule has 2 aromatic rings. The molecule has 3 aliphatic heterocycles. The molecule has 1 unspecified atom stereocenters. The van der Waals surface area contributed by atoms with E-state index in [4.69, 9.17) is 9.47 Å². The fraction of sp³-hybridized carbons (Fsp3) is 0.360. The van der Waals surface area contributed by atoms with Gasteiger partial charge in [-0.2, -0.15) is 0 Å². The molecule has 0 aliphatic carbocycles. The van der Waals surface area contributed by atoms with Crippen molar-refractivity contribution in [3.8, 4) is 5.75 Å². The summed E-state index contributed by atoms with van der Waals surface area (Å²) in [6.45, 7) is 1.77. The van der Waals surface area contributed by atoms with Gasteiger partial charge in [0.05, 0.1) is 13.2 Å². The maximum absolute atomic E-state index is 13.1. The number of rotatable bonds is 6. The van der Waals surface area contributed by atoms with Gasteiger partial charge in [0, 0.05) is 29.4 Å². The number of fused-ring (bicyclic) bond motifs is 1. The first-order chi connectivity index (χ1) is 18.1. The van der Waals surface area contributed by atoms with Gasteiger partial charge in [0.15, 0.2) is 0 Å². The molecule has 9 nitrogen and oxygen atoms in total. The summed E-state index contributed by atoms with van der Waals surface area (Å²) in [5.41, 5.74) is 5.52. The van der Waals surface area contributed by atoms with Crippen LogP contribution < -0.4 is 21.0 Å². The predicted octanol–water partition coefficient (Wildman–Crippen LogP) is -4.22. The lowest BCUT2D eigenvalue weighted by atomic mass is 9.52. The first kappa shape index (κ1) is 26.2. The second-order valence-electron chi connectivity index (χ2n) is 10.7. The third-order valence-corrected chi connectivity index (χ3v) is 7.80. The van der Waals surface area contributed by atoms with Crippen LogP contribution in [0.4, 0.5) is 0 Å². The van der Waals surface area contributed by atoms with Crippen LogP contribution >= 0.6 is 0 Å². The van der Waals surface area contributed by atoms with Crippen LogP contribution in [-0.2, 0) is 37.6 Å². The van der Waals surface area contributed by atoms with Crippen molar-refractivity contribution < 1.29 is 28.7 Å². The van der Waals surface area contributed by atoms with Crippen LogP contribution in [-0.4, -0.2) is 90.6 Å². The van der Waals surface area contributed by atoms with Gasteiger partial charge < -0.3 is 19.3 Å². The van der Waals surface area contributed by atoms with Crippen molar-refractivity contribution in [1.29, 1.82) is 0 Å². The highest BCUT2D eigenvalue weighted by atomic mass is 16.5. The van der Waals surface area contributed by atoms with Gasteiger partial charge >= 0.3 is 0 Å². The molecule has 38 heavy (non-hydrogen) atoms. The third-order valence-electron chi connectivity index (χ3n) is 7.80. The molecule has 192 valence electrons. The van der Waals surface area contributed by atoms with Crippen LogP contribution in [0.25, 0.3) is 0 Å². The molecule has 0 radical (unpaired) electrons. The van der Waals surface area contributed by atoms with Crippen molar-refractivity contribution in [1.82, 2.24) is 15.1 Å². The molecule has 1 N–H and O–H groups in total. The number of carbonyl (C=O) groups is 4. The standard InChI is InChI=1S/C25H29B4N3O6/c26-16-8-13(9-17(27)22(16)25(28,29)32-6-7-37-12-21(32)34)11-38-19-3-1-2-14-15(19)10-31(24(14)36)18-4-5-20(33)30-23(18)35/h1-3,8-9,18H,4-7,10-12,26-29H2,(H,30,33,35). The van der Waals surface area contributed by atoms with E-state index in [1.54, 1.807) is 12.1 Å². The molecule has 13 heteroatoms. The molecule has 0 spiro atoms. The molecule has 0 aromatic heterocycles. The van der Waals surface area contributed by atoms with E-state index in [0.717, 1.165) is 27.6 Å². The number of benzene rings is 2. The van der Waals surface area contributed by atoms with Gasteiger partial charge in [0.25, 0.3) is 5.91 Å². The van der Waals surface area contributed by atoms with Gasteiger partial charge in [0.1, 0.15) is 56.4 Å². The Labute approximate surface area is 225 Å². The van der Waals surface area contributed by atoms with Crippen LogP contribution in [0.1, 0.15) is 39.9 Å². The second-order valence-corrected chi connectivity index (χ2v) is 10.7. The monoisotopic (exact) mass is 511 g/mol. The maximum atomic E-state index is 13.1. The summed E-state index contributed by atoms with van der Waals surface area (Å²) in [6.07, 6.45) is 0.531. The normalized spacial score (nSPS) is 19.9. The van der Waals surface area contributed by atoms with E-state index < -0.39 is 17.3 Å². The summed E-state index contributed by atoms with van der Waals surface area (Å²) in [7, 11) is 8.24. The quantitative estimate of drug-likeness (QED) is 0.312. The van der Waals surface area contributed by atoms with Gasteiger partial charge in [-0.1, -0.05) is 34.7 Å². The molecule has 0 bridgehead atoms. The SMILES string of the molecule is Bc1cc(COc2cccc3c2CN(C2CCC(=O)NC2=O)C3=O)cc(B)c1C(B)(B)N1CCOCC1=O. The van der Waals surface area contributed by atoms with Gasteiger partial charge in [-0.05, 0) is 24.1 Å². The summed E-state index contributed by atoms with van der Waals surface area (Å²) in [5, 5.41) is 1.86. The minimum absolute atomic E-state index is 0.00806. The first-order valence-electron chi connectivity index (χ1n) is 13.0. The van der Waals surface area contributed by atoms with Crippen molar-refractivity contribution >= 4 is 65.9 Å². The largest absolute Gasteiger partial charge is 0.489 e. The number of hydrogen-bond acceptors (Lipinski definition) is 6. The van der Waals surface area contributed by atoms with Crippen LogP contribution in [0, 0.1) is 0 Å². The number of carbonyl (C=O) groups excluding carboxylic acids is 4. The van der Waals surface area contributed by atoms with Crippen molar-refractivity contribution in [2.24, 2.45) is 0 Å². The number of piperidine rings is 1. The Morgan fingerprint density at radius 2 is 1.84 bits per heavy atom. The van der Waals surface area contributed by atoms with E-state index in [1.807, 2.05) is 11.0 Å². The summed E-state index contributed by atoms with van der Waals surface area (Å²) < 4.78 is 11.5. The fourth-order valence-corrected chi connectivity index (χ4v) is 6.20. The Balaban J connectivity index is 1.33. The van der Waals surface area contributed by atoms with E-state index in [9.17, 15) is 19.2 Å². The van der Waals surface area contributed by atoms with E-state index in [-0.39, 0.29) is 37.3 Å². The highest BCUT2D eigenvalue weighted by molar-refractivity contribution is 6.48. The van der Waals surface area contributed by atoms with E-state index in [1.165, 1.54) is 4.90 Å². The number of hydrogen-bond donors (Lipinski definition) is 1. The van der Waals surface area contributed by atoms with Gasteiger partial charge in [-0.3, -0.25) is 24.5 Å². The second kappa shape index (κ2) is 10.0. The molecule has 2 saturated heterocycles. The molecular weight excluding hydrogens is 482 g/mol. The van der Waals surface area contributed by atoms with Gasteiger partial charge in [-0.25, -0.2) is 0 Å². The van der Waals surface area contributed by atoms with E-state index in [2.05, 4.69) is 48.8 Å². The van der Waals surface area contributed by atoms with Crippen LogP contribution in [0.15, 0.2) is 30.3 Å². The van der Waals surface area contributed by atoms with Crippen molar-refractivity contribution in [3.05, 3.63) is 52.6 Å².